The first-order valence-electron chi connectivity index (χ1n) is 10.5. The van der Waals surface area contributed by atoms with Crippen LogP contribution in [0.1, 0.15) is 25.1 Å². The maximum Gasteiger partial charge on any atom is 0.221 e. The molecule has 0 fully saturated rings. The zero-order chi connectivity index (χ0) is 23.8. The number of nitrogen functional groups attached to an aromatic ring is 1. The van der Waals surface area contributed by atoms with E-state index in [2.05, 4.69) is 25.3 Å². The summed E-state index contributed by atoms with van der Waals surface area (Å²) < 4.78 is 37.0. The van der Waals surface area contributed by atoms with Gasteiger partial charge in [-0.2, -0.15) is 0 Å². The molecule has 34 heavy (non-hydrogen) atoms. The van der Waals surface area contributed by atoms with E-state index in [-0.39, 0.29) is 23.4 Å². The van der Waals surface area contributed by atoms with Gasteiger partial charge in [0.2, 0.25) is 5.88 Å². The number of anilines is 1. The van der Waals surface area contributed by atoms with Gasteiger partial charge in [0.1, 0.15) is 40.8 Å². The first-order chi connectivity index (χ1) is 16.5. The largest absolute Gasteiger partial charge is 0.481 e. The number of ether oxygens (including phenoxy) is 1. The molecule has 1 aromatic carbocycles. The SMILES string of the molecule is CC[C@@H](c1cn(-c2ccccc2F)nn1)n1cc(-c2cc(F)cnc2OC)c2c(N)ncnc21. The molecule has 0 aliphatic rings. The van der Waals surface area contributed by atoms with Gasteiger partial charge in [0.05, 0.1) is 30.9 Å². The van der Waals surface area contributed by atoms with Crippen LogP contribution < -0.4 is 10.5 Å². The lowest BCUT2D eigenvalue weighted by Gasteiger charge is -2.15. The van der Waals surface area contributed by atoms with Gasteiger partial charge in [-0.25, -0.2) is 28.4 Å². The molecule has 9 nitrogen and oxygen atoms in total. The van der Waals surface area contributed by atoms with Crippen molar-refractivity contribution in [1.82, 2.24) is 34.5 Å². The molecule has 0 amide bonds. The summed E-state index contributed by atoms with van der Waals surface area (Å²) in [6.07, 6.45) is 6.53. The highest BCUT2D eigenvalue weighted by Gasteiger charge is 2.25. The number of hydrogen-bond acceptors (Lipinski definition) is 7. The van der Waals surface area contributed by atoms with E-state index in [0.29, 0.717) is 34.3 Å². The van der Waals surface area contributed by atoms with E-state index in [1.807, 2.05) is 11.5 Å². The van der Waals surface area contributed by atoms with Crippen molar-refractivity contribution in [3.8, 4) is 22.7 Å². The molecule has 4 heterocycles. The maximum absolute atomic E-state index is 14.3. The van der Waals surface area contributed by atoms with Gasteiger partial charge in [-0.15, -0.1) is 5.10 Å². The molecule has 0 aliphatic carbocycles. The van der Waals surface area contributed by atoms with Crippen molar-refractivity contribution in [3.05, 3.63) is 72.6 Å². The second-order valence-corrected chi connectivity index (χ2v) is 7.58. The molecule has 1 atom stereocenters. The quantitative estimate of drug-likeness (QED) is 0.407. The van der Waals surface area contributed by atoms with Gasteiger partial charge in [-0.1, -0.05) is 24.3 Å². The summed E-state index contributed by atoms with van der Waals surface area (Å²) >= 11 is 0. The zero-order valence-corrected chi connectivity index (χ0v) is 18.4. The fourth-order valence-corrected chi connectivity index (χ4v) is 4.07. The minimum absolute atomic E-state index is 0.231. The lowest BCUT2D eigenvalue weighted by Crippen LogP contribution is -2.10. The predicted octanol–water partition coefficient (Wildman–Crippen LogP) is 3.94. The van der Waals surface area contributed by atoms with Gasteiger partial charge in [-0.3, -0.25) is 0 Å². The third-order valence-electron chi connectivity index (χ3n) is 5.61. The zero-order valence-electron chi connectivity index (χ0n) is 18.4. The second-order valence-electron chi connectivity index (χ2n) is 7.58. The van der Waals surface area contributed by atoms with Crippen molar-refractivity contribution in [2.24, 2.45) is 0 Å². The molecular weight excluding hydrogens is 442 g/mol. The molecule has 5 rings (SSSR count). The van der Waals surface area contributed by atoms with E-state index >= 15 is 0 Å². The van der Waals surface area contributed by atoms with Crippen LogP contribution in [-0.2, 0) is 0 Å². The van der Waals surface area contributed by atoms with Crippen molar-refractivity contribution in [1.29, 1.82) is 0 Å². The fourth-order valence-electron chi connectivity index (χ4n) is 4.07. The van der Waals surface area contributed by atoms with Gasteiger partial charge >= 0.3 is 0 Å². The number of para-hydroxylation sites is 1. The molecule has 4 aromatic heterocycles. The van der Waals surface area contributed by atoms with Crippen LogP contribution in [0, 0.1) is 11.6 Å². The van der Waals surface area contributed by atoms with Crippen LogP contribution in [0.15, 0.2) is 55.2 Å². The van der Waals surface area contributed by atoms with Crippen LogP contribution >= 0.6 is 0 Å². The monoisotopic (exact) mass is 462 g/mol. The summed E-state index contributed by atoms with van der Waals surface area (Å²) in [7, 11) is 1.46. The number of nitrogens with zero attached hydrogens (tertiary/aromatic N) is 7. The Kier molecular flexibility index (Phi) is 5.36. The number of halogens is 2. The van der Waals surface area contributed by atoms with Crippen LogP contribution in [0.2, 0.25) is 0 Å². The molecule has 0 unspecified atom stereocenters. The molecule has 2 N–H and O–H groups in total. The Labute approximate surface area is 192 Å². The predicted molar refractivity (Wildman–Crippen MR) is 121 cm³/mol. The molecular formula is C23H20F2N8O. The van der Waals surface area contributed by atoms with Crippen molar-refractivity contribution < 1.29 is 13.5 Å². The normalized spacial score (nSPS) is 12.2. The summed E-state index contributed by atoms with van der Waals surface area (Å²) in [5.74, 6) is -0.462. The Morgan fingerprint density at radius 1 is 1.09 bits per heavy atom. The highest BCUT2D eigenvalue weighted by Crippen LogP contribution is 2.39. The summed E-state index contributed by atoms with van der Waals surface area (Å²) in [5.41, 5.74) is 8.61. The molecule has 172 valence electrons. The number of aromatic nitrogens is 7. The van der Waals surface area contributed by atoms with E-state index in [1.54, 1.807) is 30.6 Å². The van der Waals surface area contributed by atoms with Gasteiger partial charge < -0.3 is 15.0 Å². The molecule has 11 heteroatoms. The molecule has 0 aliphatic heterocycles. The van der Waals surface area contributed by atoms with E-state index in [9.17, 15) is 8.78 Å². The van der Waals surface area contributed by atoms with Gasteiger partial charge in [0.25, 0.3) is 0 Å². The Morgan fingerprint density at radius 2 is 1.91 bits per heavy atom. The molecule has 0 bridgehead atoms. The molecule has 0 radical (unpaired) electrons. The first-order valence-corrected chi connectivity index (χ1v) is 10.5. The van der Waals surface area contributed by atoms with Gasteiger partial charge in [0.15, 0.2) is 0 Å². The van der Waals surface area contributed by atoms with Crippen LogP contribution in [0.3, 0.4) is 0 Å². The van der Waals surface area contributed by atoms with Crippen molar-refractivity contribution in [2.45, 2.75) is 19.4 Å². The Hall–Kier alpha value is -4.41. The number of nitrogens with two attached hydrogens (primary N) is 1. The van der Waals surface area contributed by atoms with Crippen molar-refractivity contribution in [3.63, 3.8) is 0 Å². The second kappa shape index (κ2) is 8.50. The van der Waals surface area contributed by atoms with Crippen molar-refractivity contribution in [2.75, 3.05) is 12.8 Å². The minimum atomic E-state index is -0.521. The summed E-state index contributed by atoms with van der Waals surface area (Å²) in [4.78, 5) is 12.6. The molecule has 5 aromatic rings. The van der Waals surface area contributed by atoms with Gasteiger partial charge in [0, 0.05) is 17.3 Å². The van der Waals surface area contributed by atoms with E-state index in [1.165, 1.54) is 30.3 Å². The number of rotatable bonds is 6. The van der Waals surface area contributed by atoms with E-state index in [4.69, 9.17) is 10.5 Å². The Balaban J connectivity index is 1.68. The first kappa shape index (κ1) is 21.4. The van der Waals surface area contributed by atoms with Crippen LogP contribution in [0.5, 0.6) is 5.88 Å². The number of fused-ring (bicyclic) bond motifs is 1. The topological polar surface area (TPSA) is 110 Å². The summed E-state index contributed by atoms with van der Waals surface area (Å²) in [5, 5.41) is 8.95. The minimum Gasteiger partial charge on any atom is -0.481 e. The average molecular weight is 462 g/mol. The highest BCUT2D eigenvalue weighted by molar-refractivity contribution is 6.01. The average Bonchev–Trinajstić information content (AvgIpc) is 3.47. The van der Waals surface area contributed by atoms with Crippen LogP contribution in [0.25, 0.3) is 27.8 Å². The molecule has 0 saturated heterocycles. The fraction of sp³-hybridized carbons (Fsp3) is 0.174. The lowest BCUT2D eigenvalue weighted by molar-refractivity contribution is 0.398. The van der Waals surface area contributed by atoms with E-state index in [0.717, 1.165) is 6.20 Å². The number of pyridine rings is 1. The van der Waals surface area contributed by atoms with Gasteiger partial charge in [-0.05, 0) is 24.6 Å². The Bertz CT molecular complexity index is 1500. The smallest absolute Gasteiger partial charge is 0.221 e. The third kappa shape index (κ3) is 3.51. The van der Waals surface area contributed by atoms with Crippen molar-refractivity contribution >= 4 is 16.9 Å². The lowest BCUT2D eigenvalue weighted by atomic mass is 10.1. The number of hydrogen-bond donors (Lipinski definition) is 1. The van der Waals surface area contributed by atoms with Crippen LogP contribution in [-0.4, -0.2) is 41.6 Å². The maximum atomic E-state index is 14.3. The Morgan fingerprint density at radius 3 is 2.68 bits per heavy atom. The number of benzene rings is 1. The number of methoxy groups -OCH3 is 1. The third-order valence-corrected chi connectivity index (χ3v) is 5.61. The summed E-state index contributed by atoms with van der Waals surface area (Å²) in [6.45, 7) is 1.98. The van der Waals surface area contributed by atoms with Crippen LogP contribution in [0.4, 0.5) is 14.6 Å². The summed E-state index contributed by atoms with van der Waals surface area (Å²) in [6, 6.07) is 7.32. The molecule has 0 spiro atoms. The van der Waals surface area contributed by atoms with E-state index < -0.39 is 11.6 Å². The standard InChI is InChI=1S/C23H20F2N8O/c1-3-18(17-11-33(31-30-17)19-7-5-4-6-16(19)25)32-10-15(20-21(26)28-12-29-22(20)32)14-8-13(24)9-27-23(14)34-2/h4-12,18H,3H2,1-2H3,(H2,26,28,29)/t18-/m0/s1. The highest BCUT2D eigenvalue weighted by atomic mass is 19.1. The molecule has 0 saturated carbocycles.